The van der Waals surface area contributed by atoms with Gasteiger partial charge < -0.3 is 5.32 Å². The summed E-state index contributed by atoms with van der Waals surface area (Å²) in [5, 5.41) is 6.34. The van der Waals surface area contributed by atoms with Crippen LogP contribution in [0.5, 0.6) is 0 Å². The van der Waals surface area contributed by atoms with Gasteiger partial charge in [0.2, 0.25) is 5.91 Å². The molecule has 0 bridgehead atoms. The summed E-state index contributed by atoms with van der Waals surface area (Å²) in [6.45, 7) is 2.51. The van der Waals surface area contributed by atoms with Gasteiger partial charge in [0.05, 0.1) is 18.7 Å². The number of benzene rings is 3. The van der Waals surface area contributed by atoms with E-state index in [1.807, 2.05) is 49.4 Å². The molecule has 134 valence electrons. The molecule has 1 aromatic heterocycles. The van der Waals surface area contributed by atoms with Crippen LogP contribution in [0, 0.1) is 6.92 Å². The van der Waals surface area contributed by atoms with E-state index in [0.29, 0.717) is 13.0 Å². The summed E-state index contributed by atoms with van der Waals surface area (Å²) in [7, 11) is 0. The van der Waals surface area contributed by atoms with Crippen LogP contribution in [0.25, 0.3) is 21.3 Å². The zero-order valence-electron chi connectivity index (χ0n) is 15.1. The number of thiazole rings is 1. The maximum Gasteiger partial charge on any atom is 0.224 e. The van der Waals surface area contributed by atoms with Crippen LogP contribution in [0.15, 0.2) is 72.8 Å². The molecule has 3 aromatic carbocycles. The van der Waals surface area contributed by atoms with E-state index in [1.165, 1.54) is 0 Å². The molecule has 0 saturated carbocycles. The first-order valence-corrected chi connectivity index (χ1v) is 9.77. The van der Waals surface area contributed by atoms with E-state index in [1.54, 1.807) is 11.3 Å². The lowest BCUT2D eigenvalue weighted by Crippen LogP contribution is -2.24. The molecular formula is C23H20N2OS. The number of nitrogens with one attached hydrogen (secondary N) is 1. The molecular weight excluding hydrogens is 352 g/mol. The zero-order valence-corrected chi connectivity index (χ0v) is 15.9. The number of nitrogens with zero attached hydrogens (tertiary/aromatic N) is 1. The first-order valence-electron chi connectivity index (χ1n) is 8.96. The van der Waals surface area contributed by atoms with Crippen LogP contribution in [0.4, 0.5) is 0 Å². The molecule has 0 saturated heterocycles. The molecule has 3 nitrogen and oxygen atoms in total. The predicted molar refractivity (Wildman–Crippen MR) is 112 cm³/mol. The summed E-state index contributed by atoms with van der Waals surface area (Å²) < 4.78 is 0. The Labute approximate surface area is 162 Å². The van der Waals surface area contributed by atoms with Crippen molar-refractivity contribution < 1.29 is 4.79 Å². The van der Waals surface area contributed by atoms with Crippen LogP contribution in [0.2, 0.25) is 0 Å². The second-order valence-corrected chi connectivity index (χ2v) is 7.57. The lowest BCUT2D eigenvalue weighted by Gasteiger charge is -2.07. The Kier molecular flexibility index (Phi) is 4.99. The highest BCUT2D eigenvalue weighted by molar-refractivity contribution is 7.15. The average Bonchev–Trinajstić information content (AvgIpc) is 3.08. The van der Waals surface area contributed by atoms with E-state index < -0.39 is 0 Å². The number of fused-ring (bicyclic) bond motifs is 1. The smallest absolute Gasteiger partial charge is 0.224 e. The van der Waals surface area contributed by atoms with Crippen LogP contribution in [0.1, 0.15) is 16.1 Å². The van der Waals surface area contributed by atoms with Crippen molar-refractivity contribution in [2.75, 3.05) is 0 Å². The second kappa shape index (κ2) is 7.72. The van der Waals surface area contributed by atoms with Crippen molar-refractivity contribution in [3.8, 4) is 10.6 Å². The summed E-state index contributed by atoms with van der Waals surface area (Å²) in [6, 6.07) is 24.4. The van der Waals surface area contributed by atoms with Crippen molar-refractivity contribution in [3.63, 3.8) is 0 Å². The van der Waals surface area contributed by atoms with Gasteiger partial charge in [-0.3, -0.25) is 4.79 Å². The van der Waals surface area contributed by atoms with E-state index in [0.717, 1.165) is 37.5 Å². The number of amides is 1. The minimum absolute atomic E-state index is 0.0282. The Morgan fingerprint density at radius 1 is 0.963 bits per heavy atom. The van der Waals surface area contributed by atoms with Crippen molar-refractivity contribution in [2.24, 2.45) is 0 Å². The predicted octanol–water partition coefficient (Wildman–Crippen LogP) is 5.13. The maximum absolute atomic E-state index is 12.5. The van der Waals surface area contributed by atoms with Gasteiger partial charge in [-0.15, -0.1) is 11.3 Å². The first kappa shape index (κ1) is 17.4. The molecule has 0 aliphatic carbocycles. The van der Waals surface area contributed by atoms with Gasteiger partial charge in [0.25, 0.3) is 0 Å². The van der Waals surface area contributed by atoms with Gasteiger partial charge in [-0.2, -0.15) is 0 Å². The highest BCUT2D eigenvalue weighted by Crippen LogP contribution is 2.27. The van der Waals surface area contributed by atoms with Gasteiger partial charge in [0.1, 0.15) is 5.01 Å². The van der Waals surface area contributed by atoms with E-state index >= 15 is 0 Å². The second-order valence-electron chi connectivity index (χ2n) is 6.49. The first-order chi connectivity index (χ1) is 13.2. The molecule has 0 aliphatic heterocycles. The lowest BCUT2D eigenvalue weighted by molar-refractivity contribution is -0.120. The van der Waals surface area contributed by atoms with Gasteiger partial charge in [0.15, 0.2) is 0 Å². The number of carbonyl (C=O) groups is 1. The lowest BCUT2D eigenvalue weighted by atomic mass is 10.0. The molecule has 1 N–H and O–H groups in total. The van der Waals surface area contributed by atoms with Crippen LogP contribution < -0.4 is 5.32 Å². The quantitative estimate of drug-likeness (QED) is 0.528. The number of hydrogen-bond acceptors (Lipinski definition) is 3. The topological polar surface area (TPSA) is 42.0 Å². The van der Waals surface area contributed by atoms with Gasteiger partial charge in [-0.1, -0.05) is 72.8 Å². The summed E-state index contributed by atoms with van der Waals surface area (Å²) in [6.07, 6.45) is 0.380. The van der Waals surface area contributed by atoms with E-state index in [4.69, 9.17) is 0 Å². The highest BCUT2D eigenvalue weighted by Gasteiger charge is 2.11. The van der Waals surface area contributed by atoms with Crippen LogP contribution >= 0.6 is 11.3 Å². The van der Waals surface area contributed by atoms with Gasteiger partial charge in [-0.05, 0) is 23.3 Å². The summed E-state index contributed by atoms with van der Waals surface area (Å²) in [5.41, 5.74) is 3.14. The maximum atomic E-state index is 12.5. The third-order valence-corrected chi connectivity index (χ3v) is 5.80. The van der Waals surface area contributed by atoms with Gasteiger partial charge >= 0.3 is 0 Å². The molecule has 27 heavy (non-hydrogen) atoms. The molecule has 4 rings (SSSR count). The Bertz CT molecular complexity index is 1080. The average molecular weight is 372 g/mol. The fourth-order valence-electron chi connectivity index (χ4n) is 3.16. The van der Waals surface area contributed by atoms with Crippen molar-refractivity contribution in [2.45, 2.75) is 19.9 Å². The van der Waals surface area contributed by atoms with E-state index in [2.05, 4.69) is 40.6 Å². The highest BCUT2D eigenvalue weighted by atomic mass is 32.1. The Morgan fingerprint density at radius 2 is 1.70 bits per heavy atom. The van der Waals surface area contributed by atoms with Crippen LogP contribution in [0.3, 0.4) is 0 Å². The zero-order chi connectivity index (χ0) is 18.6. The number of hydrogen-bond donors (Lipinski definition) is 1. The van der Waals surface area contributed by atoms with Gasteiger partial charge in [-0.25, -0.2) is 4.98 Å². The van der Waals surface area contributed by atoms with Crippen molar-refractivity contribution in [3.05, 3.63) is 88.9 Å². The Hall–Kier alpha value is -2.98. The molecule has 4 heteroatoms. The monoisotopic (exact) mass is 372 g/mol. The van der Waals surface area contributed by atoms with E-state index in [9.17, 15) is 4.79 Å². The molecule has 0 spiro atoms. The molecule has 4 aromatic rings. The third kappa shape index (κ3) is 3.91. The molecule has 0 aliphatic rings. The van der Waals surface area contributed by atoms with Gasteiger partial charge in [0, 0.05) is 10.4 Å². The summed E-state index contributed by atoms with van der Waals surface area (Å²) in [5.74, 6) is 0.0282. The molecule has 0 unspecified atom stereocenters. The van der Waals surface area contributed by atoms with Crippen LogP contribution in [-0.2, 0) is 17.8 Å². The van der Waals surface area contributed by atoms with E-state index in [-0.39, 0.29) is 5.91 Å². The standard InChI is InChI=1S/C23H20N2OS/c1-16-21(27-23(25-16)18-9-3-2-4-10-18)15-24-22(26)14-19-12-7-11-17-8-5-6-13-20(17)19/h2-13H,14-15H2,1H3,(H,24,26). The fraction of sp³-hybridized carbons (Fsp3) is 0.130. The molecule has 1 heterocycles. The number of aryl methyl sites for hydroxylation is 1. The largest absolute Gasteiger partial charge is 0.351 e. The minimum atomic E-state index is 0.0282. The van der Waals surface area contributed by atoms with Crippen LogP contribution in [-0.4, -0.2) is 10.9 Å². The SMILES string of the molecule is Cc1nc(-c2ccccc2)sc1CNC(=O)Cc1cccc2ccccc12. The summed E-state index contributed by atoms with van der Waals surface area (Å²) >= 11 is 1.64. The Morgan fingerprint density at radius 3 is 2.56 bits per heavy atom. The third-order valence-electron chi connectivity index (χ3n) is 4.59. The molecule has 1 amide bonds. The minimum Gasteiger partial charge on any atom is -0.351 e. The Balaban J connectivity index is 1.44. The van der Waals surface area contributed by atoms with Crippen molar-refractivity contribution in [1.29, 1.82) is 0 Å². The van der Waals surface area contributed by atoms with Crippen molar-refractivity contribution in [1.82, 2.24) is 10.3 Å². The van der Waals surface area contributed by atoms with Crippen molar-refractivity contribution >= 4 is 28.0 Å². The number of aromatic nitrogens is 1. The number of rotatable bonds is 5. The summed E-state index contributed by atoms with van der Waals surface area (Å²) in [4.78, 5) is 18.2. The normalized spacial score (nSPS) is 10.9. The fourth-order valence-corrected chi connectivity index (χ4v) is 4.16. The molecule has 0 fully saturated rings. The molecule has 0 radical (unpaired) electrons. The molecule has 0 atom stereocenters. The number of carbonyl (C=O) groups excluding carboxylic acids is 1.